The summed E-state index contributed by atoms with van der Waals surface area (Å²) in [6.45, 7) is 2.96. The predicted octanol–water partition coefficient (Wildman–Crippen LogP) is 6.36. The van der Waals surface area contributed by atoms with E-state index in [1.807, 2.05) is 121 Å². The van der Waals surface area contributed by atoms with E-state index in [1.54, 1.807) is 6.92 Å². The van der Waals surface area contributed by atoms with Gasteiger partial charge >= 0.3 is 12.1 Å². The number of ether oxygens (including phenoxy) is 7. The lowest BCUT2D eigenvalue weighted by Crippen LogP contribution is -2.55. The first-order chi connectivity index (χ1) is 24.5. The maximum atomic E-state index is 12.9. The third-order valence-electron chi connectivity index (χ3n) is 8.25. The van der Waals surface area contributed by atoms with Gasteiger partial charge in [-0.05, 0) is 29.2 Å². The summed E-state index contributed by atoms with van der Waals surface area (Å²) in [5, 5.41) is 2.60. The fourth-order valence-electron chi connectivity index (χ4n) is 5.61. The van der Waals surface area contributed by atoms with Crippen LogP contribution in [0.15, 0.2) is 121 Å². The minimum Gasteiger partial charge on any atom is -0.467 e. The predicted molar refractivity (Wildman–Crippen MR) is 186 cm³/mol. The van der Waals surface area contributed by atoms with Gasteiger partial charge in [0.05, 0.1) is 45.7 Å². The highest BCUT2D eigenvalue weighted by Crippen LogP contribution is 2.29. The highest BCUT2D eigenvalue weighted by atomic mass is 16.7. The molecule has 0 radical (unpaired) electrons. The first-order valence-electron chi connectivity index (χ1n) is 16.8. The number of benzene rings is 4. The summed E-state index contributed by atoms with van der Waals surface area (Å²) in [6.07, 6.45) is -3.74. The monoisotopic (exact) mass is 683 g/mol. The van der Waals surface area contributed by atoms with Gasteiger partial charge in [-0.3, -0.25) is 0 Å². The SMILES string of the molecule is COC(=O)C(NC(=O)OCc1ccccc1)C(C)OC1C[C@@H](OCc2ccccc2)[C@H](OCc2ccccc2)[C@@H](COCc2ccccc2)O1. The van der Waals surface area contributed by atoms with Crippen molar-refractivity contribution in [3.05, 3.63) is 144 Å². The molecule has 4 aromatic rings. The molecule has 0 aliphatic carbocycles. The lowest BCUT2D eigenvalue weighted by Gasteiger charge is -2.42. The fraction of sp³-hybridized carbons (Fsp3) is 0.350. The number of alkyl carbamates (subject to hydrolysis) is 1. The lowest BCUT2D eigenvalue weighted by molar-refractivity contribution is -0.288. The van der Waals surface area contributed by atoms with Gasteiger partial charge in [-0.2, -0.15) is 0 Å². The zero-order chi connectivity index (χ0) is 35.0. The Labute approximate surface area is 293 Å². The molecule has 1 aliphatic heterocycles. The topological polar surface area (TPSA) is 111 Å². The molecule has 1 fully saturated rings. The van der Waals surface area contributed by atoms with Crippen LogP contribution in [0, 0.1) is 0 Å². The van der Waals surface area contributed by atoms with Crippen molar-refractivity contribution >= 4 is 12.1 Å². The highest BCUT2D eigenvalue weighted by molar-refractivity contribution is 5.81. The van der Waals surface area contributed by atoms with Crippen molar-refractivity contribution in [3.8, 4) is 0 Å². The molecule has 1 aliphatic rings. The van der Waals surface area contributed by atoms with E-state index in [9.17, 15) is 9.59 Å². The Morgan fingerprint density at radius 2 is 1.22 bits per heavy atom. The van der Waals surface area contributed by atoms with Gasteiger partial charge in [-0.25, -0.2) is 9.59 Å². The van der Waals surface area contributed by atoms with Crippen molar-refractivity contribution in [2.45, 2.75) is 76.5 Å². The number of hydrogen-bond acceptors (Lipinski definition) is 9. The molecule has 0 saturated carbocycles. The van der Waals surface area contributed by atoms with Crippen molar-refractivity contribution in [1.82, 2.24) is 5.32 Å². The number of amides is 1. The molecule has 50 heavy (non-hydrogen) atoms. The summed E-state index contributed by atoms with van der Waals surface area (Å²) in [7, 11) is 1.25. The molecule has 10 nitrogen and oxygen atoms in total. The molecule has 0 spiro atoms. The molecular formula is C40H45NO9. The van der Waals surface area contributed by atoms with Gasteiger partial charge in [0, 0.05) is 6.42 Å². The number of hydrogen-bond donors (Lipinski definition) is 1. The standard InChI is InChI=1S/C40H45NO9/c1-29(37(39(42)44-2)41-40(43)48-27-33-21-13-6-14-22-33)49-36-23-34(46-25-31-17-9-4-10-18-31)38(47-26-32-19-11-5-12-20-32)35(50-36)28-45-24-30-15-7-3-8-16-30/h3-22,29,34-38H,23-28H2,1-2H3,(H,41,43)/t29?,34-,35-,36?,37?,38+/m1/s1. The van der Waals surface area contributed by atoms with Crippen molar-refractivity contribution in [2.24, 2.45) is 0 Å². The van der Waals surface area contributed by atoms with Gasteiger partial charge in [0.1, 0.15) is 18.8 Å². The van der Waals surface area contributed by atoms with Gasteiger partial charge in [0.2, 0.25) is 0 Å². The Bertz CT molecular complexity index is 1560. The Kier molecular flexibility index (Phi) is 14.4. The second kappa shape index (κ2) is 19.6. The Hall–Kier alpha value is -4.58. The van der Waals surface area contributed by atoms with Crippen molar-refractivity contribution < 1.29 is 42.7 Å². The maximum absolute atomic E-state index is 12.9. The maximum Gasteiger partial charge on any atom is 0.408 e. The van der Waals surface area contributed by atoms with Gasteiger partial charge in [0.25, 0.3) is 0 Å². The molecule has 0 bridgehead atoms. The molecule has 6 atom stereocenters. The second-order valence-electron chi connectivity index (χ2n) is 12.0. The number of carbonyl (C=O) groups is 2. The molecule has 264 valence electrons. The summed E-state index contributed by atoms with van der Waals surface area (Å²) in [5.74, 6) is -0.686. The average Bonchev–Trinajstić information content (AvgIpc) is 3.16. The van der Waals surface area contributed by atoms with Gasteiger partial charge in [-0.1, -0.05) is 121 Å². The van der Waals surface area contributed by atoms with Crippen LogP contribution in [-0.4, -0.2) is 62.5 Å². The average molecular weight is 684 g/mol. The minimum atomic E-state index is -1.17. The molecule has 1 N–H and O–H groups in total. The molecule has 1 heterocycles. The van der Waals surface area contributed by atoms with E-state index in [2.05, 4.69) is 5.32 Å². The Balaban J connectivity index is 1.31. The number of carbonyl (C=O) groups excluding carboxylic acids is 2. The van der Waals surface area contributed by atoms with Crippen molar-refractivity contribution in [3.63, 3.8) is 0 Å². The van der Waals surface area contributed by atoms with E-state index < -0.39 is 48.8 Å². The molecule has 3 unspecified atom stereocenters. The quantitative estimate of drug-likeness (QED) is 0.127. The van der Waals surface area contributed by atoms with Gasteiger partial charge < -0.3 is 38.5 Å². The summed E-state index contributed by atoms with van der Waals surface area (Å²) in [5.41, 5.74) is 3.85. The third-order valence-corrected chi connectivity index (χ3v) is 8.25. The number of methoxy groups -OCH3 is 1. The fourth-order valence-corrected chi connectivity index (χ4v) is 5.61. The van der Waals surface area contributed by atoms with Crippen LogP contribution in [0.25, 0.3) is 0 Å². The van der Waals surface area contributed by atoms with Crippen LogP contribution in [0.1, 0.15) is 35.6 Å². The van der Waals surface area contributed by atoms with E-state index in [0.29, 0.717) is 19.8 Å². The number of nitrogens with one attached hydrogen (secondary N) is 1. The van der Waals surface area contributed by atoms with Crippen molar-refractivity contribution in [1.29, 1.82) is 0 Å². The van der Waals surface area contributed by atoms with Crippen LogP contribution in [-0.2, 0) is 64.4 Å². The van der Waals surface area contributed by atoms with Gasteiger partial charge in [-0.15, -0.1) is 0 Å². The van der Waals surface area contributed by atoms with Crippen LogP contribution in [0.2, 0.25) is 0 Å². The molecule has 5 rings (SSSR count). The summed E-state index contributed by atoms with van der Waals surface area (Å²) < 4.78 is 42.4. The van der Waals surface area contributed by atoms with E-state index in [-0.39, 0.29) is 19.6 Å². The largest absolute Gasteiger partial charge is 0.467 e. The summed E-state index contributed by atoms with van der Waals surface area (Å²) in [4.78, 5) is 25.6. The smallest absolute Gasteiger partial charge is 0.408 e. The number of rotatable bonds is 17. The molecular weight excluding hydrogens is 638 g/mol. The molecule has 10 heteroatoms. The first kappa shape index (κ1) is 36.7. The van der Waals surface area contributed by atoms with Crippen molar-refractivity contribution in [2.75, 3.05) is 13.7 Å². The highest BCUT2D eigenvalue weighted by Gasteiger charge is 2.43. The molecule has 1 saturated heterocycles. The zero-order valence-electron chi connectivity index (χ0n) is 28.4. The minimum absolute atomic E-state index is 0.0387. The van der Waals surface area contributed by atoms with E-state index in [0.717, 1.165) is 22.3 Å². The van der Waals surface area contributed by atoms with E-state index in [1.165, 1.54) is 7.11 Å². The van der Waals surface area contributed by atoms with Crippen LogP contribution in [0.5, 0.6) is 0 Å². The van der Waals surface area contributed by atoms with Crippen LogP contribution >= 0.6 is 0 Å². The van der Waals surface area contributed by atoms with Gasteiger partial charge in [0.15, 0.2) is 12.3 Å². The van der Waals surface area contributed by atoms with E-state index >= 15 is 0 Å². The van der Waals surface area contributed by atoms with Crippen LogP contribution in [0.4, 0.5) is 4.79 Å². The summed E-state index contributed by atoms with van der Waals surface area (Å²) in [6, 6.07) is 37.7. The summed E-state index contributed by atoms with van der Waals surface area (Å²) >= 11 is 0. The number of esters is 1. The van der Waals surface area contributed by atoms with Crippen LogP contribution in [0.3, 0.4) is 0 Å². The van der Waals surface area contributed by atoms with E-state index in [4.69, 9.17) is 33.2 Å². The normalized spacial score (nSPS) is 20.0. The molecule has 4 aromatic carbocycles. The molecule has 0 aromatic heterocycles. The Morgan fingerprint density at radius 1 is 0.720 bits per heavy atom. The third kappa shape index (κ3) is 11.5. The Morgan fingerprint density at radius 3 is 1.76 bits per heavy atom. The van der Waals surface area contributed by atoms with Crippen LogP contribution < -0.4 is 5.32 Å². The first-order valence-corrected chi connectivity index (χ1v) is 16.8. The lowest BCUT2D eigenvalue weighted by atomic mass is 10.0. The second-order valence-corrected chi connectivity index (χ2v) is 12.0. The molecule has 1 amide bonds. The zero-order valence-corrected chi connectivity index (χ0v) is 28.4.